The van der Waals surface area contributed by atoms with Crippen molar-refractivity contribution in [3.8, 4) is 5.75 Å². The third-order valence-corrected chi connectivity index (χ3v) is 3.55. The third kappa shape index (κ3) is 3.19. The number of ketones is 1. The minimum absolute atomic E-state index is 0.0549. The van der Waals surface area contributed by atoms with Crippen LogP contribution in [0.2, 0.25) is 0 Å². The van der Waals surface area contributed by atoms with Crippen LogP contribution in [-0.2, 0) is 4.79 Å². The van der Waals surface area contributed by atoms with Crippen molar-refractivity contribution in [1.29, 1.82) is 0 Å². The van der Waals surface area contributed by atoms with Crippen molar-refractivity contribution < 1.29 is 9.53 Å². The van der Waals surface area contributed by atoms with Gasteiger partial charge in [0.25, 0.3) is 0 Å². The maximum Gasteiger partial charge on any atom is 0.152 e. The van der Waals surface area contributed by atoms with E-state index in [1.54, 1.807) is 13.0 Å². The summed E-state index contributed by atoms with van der Waals surface area (Å²) in [6.45, 7) is 10.7. The van der Waals surface area contributed by atoms with Crippen LogP contribution in [0.3, 0.4) is 0 Å². The quantitative estimate of drug-likeness (QED) is 0.751. The molecule has 2 heteroatoms. The Morgan fingerprint density at radius 3 is 2.55 bits per heavy atom. The highest BCUT2D eigenvalue weighted by Crippen LogP contribution is 2.37. The van der Waals surface area contributed by atoms with Crippen LogP contribution in [0.15, 0.2) is 30.4 Å². The molecule has 2 rings (SSSR count). The van der Waals surface area contributed by atoms with Crippen molar-refractivity contribution in [3.63, 3.8) is 0 Å². The van der Waals surface area contributed by atoms with Crippen LogP contribution < -0.4 is 4.74 Å². The Balaban J connectivity index is 2.58. The molecule has 0 radical (unpaired) electrons. The first kappa shape index (κ1) is 14.6. The molecule has 0 aromatic heterocycles. The lowest BCUT2D eigenvalue weighted by molar-refractivity contribution is -0.112. The topological polar surface area (TPSA) is 26.3 Å². The second-order valence-electron chi connectivity index (χ2n) is 6.25. The van der Waals surface area contributed by atoms with Gasteiger partial charge in [-0.05, 0) is 55.7 Å². The summed E-state index contributed by atoms with van der Waals surface area (Å²) >= 11 is 0. The number of ether oxygens (including phenoxy) is 1. The number of fused-ring (bicyclic) bond motifs is 1. The predicted molar refractivity (Wildman–Crippen MR) is 83.0 cm³/mol. The Morgan fingerprint density at radius 1 is 1.25 bits per heavy atom. The molecule has 2 nitrogen and oxygen atoms in total. The molecule has 1 aromatic rings. The maximum absolute atomic E-state index is 11.2. The van der Waals surface area contributed by atoms with Gasteiger partial charge in [-0.15, -0.1) is 0 Å². The second kappa shape index (κ2) is 5.28. The summed E-state index contributed by atoms with van der Waals surface area (Å²) in [5.41, 5.74) is 4.52. The van der Waals surface area contributed by atoms with Crippen molar-refractivity contribution in [2.24, 2.45) is 5.41 Å². The molecule has 0 fully saturated rings. The second-order valence-corrected chi connectivity index (χ2v) is 6.25. The van der Waals surface area contributed by atoms with Crippen molar-refractivity contribution >= 4 is 11.4 Å². The number of carbonyl (C=O) groups is 1. The van der Waals surface area contributed by atoms with E-state index >= 15 is 0 Å². The fourth-order valence-electron chi connectivity index (χ4n) is 2.28. The van der Waals surface area contributed by atoms with Crippen LogP contribution in [0.4, 0.5) is 0 Å². The van der Waals surface area contributed by atoms with Gasteiger partial charge in [0, 0.05) is 11.0 Å². The molecule has 1 aromatic carbocycles. The van der Waals surface area contributed by atoms with E-state index in [1.165, 1.54) is 11.1 Å². The summed E-state index contributed by atoms with van der Waals surface area (Å²) in [7, 11) is 0. The summed E-state index contributed by atoms with van der Waals surface area (Å²) in [4.78, 5) is 11.2. The predicted octanol–water partition coefficient (Wildman–Crippen LogP) is 4.25. The van der Waals surface area contributed by atoms with E-state index in [9.17, 15) is 4.79 Å². The zero-order chi connectivity index (χ0) is 14.9. The van der Waals surface area contributed by atoms with E-state index < -0.39 is 0 Å². The first-order valence-corrected chi connectivity index (χ1v) is 6.94. The Labute approximate surface area is 121 Å². The van der Waals surface area contributed by atoms with Gasteiger partial charge in [-0.25, -0.2) is 0 Å². The average Bonchev–Trinajstić information content (AvgIpc) is 2.46. The molecule has 0 amide bonds. The number of aryl methyl sites for hydroxylation is 2. The molecular formula is C18H22O2. The van der Waals surface area contributed by atoms with Crippen molar-refractivity contribution in [2.45, 2.75) is 34.6 Å². The van der Waals surface area contributed by atoms with Crippen LogP contribution in [0.5, 0.6) is 5.75 Å². The van der Waals surface area contributed by atoms with Crippen LogP contribution in [0.25, 0.3) is 5.57 Å². The van der Waals surface area contributed by atoms with E-state index in [2.05, 4.69) is 45.9 Å². The van der Waals surface area contributed by atoms with Gasteiger partial charge in [0.2, 0.25) is 0 Å². The van der Waals surface area contributed by atoms with E-state index in [1.807, 2.05) is 6.08 Å². The average molecular weight is 270 g/mol. The highest BCUT2D eigenvalue weighted by Gasteiger charge is 2.23. The number of hydrogen-bond acceptors (Lipinski definition) is 2. The number of benzene rings is 1. The molecule has 0 saturated carbocycles. The number of hydrogen-bond donors (Lipinski definition) is 0. The van der Waals surface area contributed by atoms with Gasteiger partial charge < -0.3 is 4.74 Å². The van der Waals surface area contributed by atoms with Gasteiger partial charge in [0.15, 0.2) is 5.78 Å². The molecular weight excluding hydrogens is 248 g/mol. The van der Waals surface area contributed by atoms with Gasteiger partial charge in [0.05, 0.1) is 6.61 Å². The van der Waals surface area contributed by atoms with Crippen molar-refractivity contribution in [3.05, 3.63) is 47.1 Å². The molecule has 106 valence electrons. The van der Waals surface area contributed by atoms with E-state index in [0.717, 1.165) is 16.9 Å². The smallest absolute Gasteiger partial charge is 0.152 e. The molecule has 0 saturated heterocycles. The summed E-state index contributed by atoms with van der Waals surface area (Å²) in [5, 5.41) is 0. The van der Waals surface area contributed by atoms with Crippen LogP contribution in [0.1, 0.15) is 37.5 Å². The Morgan fingerprint density at radius 2 is 1.90 bits per heavy atom. The summed E-state index contributed by atoms with van der Waals surface area (Å²) in [5.74, 6) is 0.956. The molecule has 0 aliphatic carbocycles. The Kier molecular flexibility index (Phi) is 3.85. The number of rotatable bonds is 2. The summed E-state index contributed by atoms with van der Waals surface area (Å²) in [6, 6.07) is 4.23. The SMILES string of the molecule is CC(=O)/C=C/C1=CC(C)(C)COc2cc(C)c(C)cc21. The minimum atomic E-state index is -0.0582. The molecule has 0 spiro atoms. The largest absolute Gasteiger partial charge is 0.492 e. The number of allylic oxidation sites excluding steroid dienone is 3. The fraction of sp³-hybridized carbons (Fsp3) is 0.389. The van der Waals surface area contributed by atoms with Crippen LogP contribution in [-0.4, -0.2) is 12.4 Å². The molecule has 0 unspecified atom stereocenters. The van der Waals surface area contributed by atoms with E-state index in [-0.39, 0.29) is 11.2 Å². The maximum atomic E-state index is 11.2. The van der Waals surface area contributed by atoms with Gasteiger partial charge >= 0.3 is 0 Å². The highest BCUT2D eigenvalue weighted by molar-refractivity contribution is 5.91. The van der Waals surface area contributed by atoms with Gasteiger partial charge in [-0.1, -0.05) is 26.0 Å². The lowest BCUT2D eigenvalue weighted by atomic mass is 9.89. The highest BCUT2D eigenvalue weighted by atomic mass is 16.5. The lowest BCUT2D eigenvalue weighted by Crippen LogP contribution is -2.17. The first-order chi connectivity index (χ1) is 9.28. The van der Waals surface area contributed by atoms with Crippen LogP contribution in [0, 0.1) is 19.3 Å². The fourth-order valence-corrected chi connectivity index (χ4v) is 2.28. The number of carbonyl (C=O) groups excluding carboxylic acids is 1. The Hall–Kier alpha value is -1.83. The van der Waals surface area contributed by atoms with Gasteiger partial charge in [-0.3, -0.25) is 4.79 Å². The standard InChI is InChI=1S/C18H22O2/c1-12-8-16-15(7-6-14(3)19)10-18(4,5)11-20-17(16)9-13(12)2/h6-10H,11H2,1-5H3/b7-6+. The molecule has 20 heavy (non-hydrogen) atoms. The van der Waals surface area contributed by atoms with E-state index in [4.69, 9.17) is 4.74 Å². The van der Waals surface area contributed by atoms with Crippen molar-refractivity contribution in [2.75, 3.05) is 6.61 Å². The Bertz CT molecular complexity index is 604. The molecule has 1 aliphatic heterocycles. The molecule has 1 heterocycles. The zero-order valence-electron chi connectivity index (χ0n) is 12.9. The summed E-state index contributed by atoms with van der Waals surface area (Å²) in [6.07, 6.45) is 5.70. The molecule has 0 bridgehead atoms. The molecule has 1 aliphatic rings. The molecule has 0 atom stereocenters. The van der Waals surface area contributed by atoms with Gasteiger partial charge in [-0.2, -0.15) is 0 Å². The third-order valence-electron chi connectivity index (χ3n) is 3.55. The normalized spacial score (nSPS) is 17.1. The van der Waals surface area contributed by atoms with E-state index in [0.29, 0.717) is 6.61 Å². The lowest BCUT2D eigenvalue weighted by Gasteiger charge is -2.18. The van der Waals surface area contributed by atoms with Crippen molar-refractivity contribution in [1.82, 2.24) is 0 Å². The van der Waals surface area contributed by atoms with Crippen LogP contribution >= 0.6 is 0 Å². The minimum Gasteiger partial charge on any atom is -0.492 e. The first-order valence-electron chi connectivity index (χ1n) is 6.94. The summed E-state index contributed by atoms with van der Waals surface area (Å²) < 4.78 is 5.97. The van der Waals surface area contributed by atoms with Gasteiger partial charge in [0.1, 0.15) is 5.75 Å². The molecule has 0 N–H and O–H groups in total. The zero-order valence-corrected chi connectivity index (χ0v) is 12.9. The monoisotopic (exact) mass is 270 g/mol.